The van der Waals surface area contributed by atoms with Crippen LogP contribution >= 0.6 is 0 Å². The summed E-state index contributed by atoms with van der Waals surface area (Å²) in [6.07, 6.45) is 8.99. The summed E-state index contributed by atoms with van der Waals surface area (Å²) in [4.78, 5) is 0. The molecule has 90 valence electrons. The summed E-state index contributed by atoms with van der Waals surface area (Å²) in [5.74, 6) is 0.825. The van der Waals surface area contributed by atoms with Gasteiger partial charge < -0.3 is 5.73 Å². The molecule has 16 heavy (non-hydrogen) atoms. The number of hydrogen-bond donors (Lipinski definition) is 1. The van der Waals surface area contributed by atoms with E-state index in [1.807, 2.05) is 11.6 Å². The van der Waals surface area contributed by atoms with E-state index in [2.05, 4.69) is 15.5 Å². The Hall–Kier alpha value is -0.970. The van der Waals surface area contributed by atoms with Crippen LogP contribution in [0, 0.1) is 0 Å². The molecule has 1 fully saturated rings. The molecule has 1 aromatic rings. The normalized spacial score (nSPS) is 21.4. The van der Waals surface area contributed by atoms with Crippen LogP contribution in [0.2, 0.25) is 0 Å². The summed E-state index contributed by atoms with van der Waals surface area (Å²) < 4.78 is 1.95. The molecule has 0 amide bonds. The molecule has 1 saturated carbocycles. The third kappa shape index (κ3) is 2.58. The van der Waals surface area contributed by atoms with Gasteiger partial charge in [-0.15, -0.1) is 5.10 Å². The Morgan fingerprint density at radius 1 is 1.19 bits per heavy atom. The molecule has 2 N–H and O–H groups in total. The molecule has 1 aromatic heterocycles. The standard InChI is InChI=1S/C11H21N5/c1-9(12)11-13-14-15-16(11)10-7-5-3-2-4-6-8-10/h9-10H,2-8,12H2,1H3. The SMILES string of the molecule is CC(N)c1nnnn1C1CCCCCCC1. The molecular formula is C11H21N5. The topological polar surface area (TPSA) is 69.6 Å². The number of nitrogens with two attached hydrogens (primary N) is 1. The Bertz CT molecular complexity index is 312. The maximum Gasteiger partial charge on any atom is 0.167 e. The zero-order chi connectivity index (χ0) is 11.4. The van der Waals surface area contributed by atoms with Gasteiger partial charge in [-0.2, -0.15) is 0 Å². The van der Waals surface area contributed by atoms with E-state index >= 15 is 0 Å². The summed E-state index contributed by atoms with van der Waals surface area (Å²) in [5.41, 5.74) is 5.87. The number of nitrogens with zero attached hydrogens (tertiary/aromatic N) is 4. The van der Waals surface area contributed by atoms with Gasteiger partial charge in [-0.3, -0.25) is 0 Å². The van der Waals surface area contributed by atoms with Gasteiger partial charge in [0.15, 0.2) is 5.82 Å². The zero-order valence-electron chi connectivity index (χ0n) is 9.97. The lowest BCUT2D eigenvalue weighted by Crippen LogP contribution is -2.20. The van der Waals surface area contributed by atoms with Crippen molar-refractivity contribution in [3.8, 4) is 0 Å². The van der Waals surface area contributed by atoms with Crippen molar-refractivity contribution in [2.75, 3.05) is 0 Å². The number of tetrazole rings is 1. The summed E-state index contributed by atoms with van der Waals surface area (Å²) in [7, 11) is 0. The molecule has 5 nitrogen and oxygen atoms in total. The average Bonchev–Trinajstić information content (AvgIpc) is 2.65. The fourth-order valence-electron chi connectivity index (χ4n) is 2.44. The molecule has 0 radical (unpaired) electrons. The van der Waals surface area contributed by atoms with E-state index in [0.29, 0.717) is 6.04 Å². The molecule has 1 aliphatic carbocycles. The molecule has 2 rings (SSSR count). The summed E-state index contributed by atoms with van der Waals surface area (Å²) in [5, 5.41) is 11.9. The molecule has 0 spiro atoms. The van der Waals surface area contributed by atoms with Crippen LogP contribution in [0.1, 0.15) is 69.8 Å². The number of hydrogen-bond acceptors (Lipinski definition) is 4. The Balaban J connectivity index is 2.11. The van der Waals surface area contributed by atoms with Crippen molar-refractivity contribution in [1.29, 1.82) is 0 Å². The van der Waals surface area contributed by atoms with Gasteiger partial charge in [-0.1, -0.05) is 32.1 Å². The van der Waals surface area contributed by atoms with Crippen molar-refractivity contribution in [1.82, 2.24) is 20.2 Å². The summed E-state index contributed by atoms with van der Waals surface area (Å²) >= 11 is 0. The molecule has 1 unspecified atom stereocenters. The van der Waals surface area contributed by atoms with Crippen LogP contribution in [-0.2, 0) is 0 Å². The molecule has 0 aromatic carbocycles. The smallest absolute Gasteiger partial charge is 0.167 e. The number of rotatable bonds is 2. The van der Waals surface area contributed by atoms with Gasteiger partial charge in [0.2, 0.25) is 0 Å². The first-order chi connectivity index (χ1) is 7.79. The highest BCUT2D eigenvalue weighted by molar-refractivity contribution is 4.90. The van der Waals surface area contributed by atoms with Crippen LogP contribution in [0.4, 0.5) is 0 Å². The molecule has 0 aliphatic heterocycles. The van der Waals surface area contributed by atoms with Crippen molar-refractivity contribution in [2.45, 2.75) is 64.0 Å². The van der Waals surface area contributed by atoms with Gasteiger partial charge in [0, 0.05) is 0 Å². The molecule has 1 atom stereocenters. The minimum absolute atomic E-state index is 0.0829. The van der Waals surface area contributed by atoms with E-state index in [9.17, 15) is 0 Å². The fraction of sp³-hybridized carbons (Fsp3) is 0.909. The first-order valence-electron chi connectivity index (χ1n) is 6.32. The highest BCUT2D eigenvalue weighted by atomic mass is 15.6. The Morgan fingerprint density at radius 2 is 1.81 bits per heavy atom. The fourth-order valence-corrected chi connectivity index (χ4v) is 2.44. The van der Waals surface area contributed by atoms with E-state index in [1.54, 1.807) is 0 Å². The van der Waals surface area contributed by atoms with Crippen LogP contribution in [0.5, 0.6) is 0 Å². The monoisotopic (exact) mass is 223 g/mol. The highest BCUT2D eigenvalue weighted by Crippen LogP contribution is 2.27. The Labute approximate surface area is 96.4 Å². The van der Waals surface area contributed by atoms with Crippen LogP contribution in [0.25, 0.3) is 0 Å². The predicted molar refractivity (Wildman–Crippen MR) is 61.8 cm³/mol. The zero-order valence-corrected chi connectivity index (χ0v) is 9.97. The second-order valence-corrected chi connectivity index (χ2v) is 4.77. The lowest BCUT2D eigenvalue weighted by atomic mass is 9.97. The molecule has 1 heterocycles. The van der Waals surface area contributed by atoms with Gasteiger partial charge in [-0.05, 0) is 30.2 Å². The van der Waals surface area contributed by atoms with Crippen LogP contribution in [0.3, 0.4) is 0 Å². The van der Waals surface area contributed by atoms with Crippen molar-refractivity contribution >= 4 is 0 Å². The van der Waals surface area contributed by atoms with Crippen LogP contribution < -0.4 is 5.73 Å². The van der Waals surface area contributed by atoms with Gasteiger partial charge >= 0.3 is 0 Å². The van der Waals surface area contributed by atoms with Crippen molar-refractivity contribution in [3.63, 3.8) is 0 Å². The predicted octanol–water partition coefficient (Wildman–Crippen LogP) is 1.98. The second-order valence-electron chi connectivity index (χ2n) is 4.77. The van der Waals surface area contributed by atoms with Crippen molar-refractivity contribution < 1.29 is 0 Å². The first kappa shape index (κ1) is 11.5. The molecule has 1 aliphatic rings. The third-order valence-corrected chi connectivity index (χ3v) is 3.35. The maximum absolute atomic E-state index is 5.87. The summed E-state index contributed by atoms with van der Waals surface area (Å²) in [6.45, 7) is 1.94. The quantitative estimate of drug-likeness (QED) is 0.832. The van der Waals surface area contributed by atoms with E-state index in [0.717, 1.165) is 5.82 Å². The lowest BCUT2D eigenvalue weighted by molar-refractivity contribution is 0.330. The van der Waals surface area contributed by atoms with E-state index in [-0.39, 0.29) is 6.04 Å². The summed E-state index contributed by atoms with van der Waals surface area (Å²) in [6, 6.07) is 0.372. The highest BCUT2D eigenvalue weighted by Gasteiger charge is 2.19. The van der Waals surface area contributed by atoms with E-state index in [4.69, 9.17) is 5.73 Å². The molecule has 0 saturated heterocycles. The molecule has 5 heteroatoms. The maximum atomic E-state index is 5.87. The van der Waals surface area contributed by atoms with Crippen molar-refractivity contribution in [2.24, 2.45) is 5.73 Å². The average molecular weight is 223 g/mol. The van der Waals surface area contributed by atoms with Gasteiger partial charge in [0.1, 0.15) is 0 Å². The second kappa shape index (κ2) is 5.39. The first-order valence-corrected chi connectivity index (χ1v) is 6.32. The minimum atomic E-state index is -0.0829. The van der Waals surface area contributed by atoms with Gasteiger partial charge in [0.05, 0.1) is 12.1 Å². The molecule has 0 bridgehead atoms. The van der Waals surface area contributed by atoms with Crippen LogP contribution in [0.15, 0.2) is 0 Å². The largest absolute Gasteiger partial charge is 0.322 e. The van der Waals surface area contributed by atoms with Crippen LogP contribution in [-0.4, -0.2) is 20.2 Å². The lowest BCUT2D eigenvalue weighted by Gasteiger charge is -2.21. The van der Waals surface area contributed by atoms with Gasteiger partial charge in [-0.25, -0.2) is 4.68 Å². The number of aromatic nitrogens is 4. The molecular weight excluding hydrogens is 202 g/mol. The Morgan fingerprint density at radius 3 is 2.44 bits per heavy atom. The third-order valence-electron chi connectivity index (χ3n) is 3.35. The van der Waals surface area contributed by atoms with Crippen molar-refractivity contribution in [3.05, 3.63) is 5.82 Å². The Kier molecular flexibility index (Phi) is 3.88. The van der Waals surface area contributed by atoms with E-state index in [1.165, 1.54) is 44.9 Å². The van der Waals surface area contributed by atoms with Gasteiger partial charge in [0.25, 0.3) is 0 Å². The van der Waals surface area contributed by atoms with E-state index < -0.39 is 0 Å². The minimum Gasteiger partial charge on any atom is -0.322 e.